The maximum atomic E-state index is 8.55. The van der Waals surface area contributed by atoms with Crippen molar-refractivity contribution in [3.05, 3.63) is 0 Å². The van der Waals surface area contributed by atoms with Gasteiger partial charge >= 0.3 is 0 Å². The molecule has 0 aliphatic heterocycles. The van der Waals surface area contributed by atoms with Gasteiger partial charge in [0.05, 0.1) is 6.07 Å². The molecule has 0 fully saturated rings. The summed E-state index contributed by atoms with van der Waals surface area (Å²) in [5.41, 5.74) is 0. The molecule has 0 heterocycles. The molecule has 0 rings (SSSR count). The highest BCUT2D eigenvalue weighted by Crippen LogP contribution is 2.04. The van der Waals surface area contributed by atoms with E-state index in [1.807, 2.05) is 7.05 Å². The van der Waals surface area contributed by atoms with Crippen LogP contribution in [0, 0.1) is 17.2 Å². The molecule has 0 aromatic heterocycles. The Morgan fingerprint density at radius 1 is 1.36 bits per heavy atom. The molecular formula is C11H23N3. The summed E-state index contributed by atoms with van der Waals surface area (Å²) in [6, 6.07) is 2.73. The van der Waals surface area contributed by atoms with Crippen molar-refractivity contribution < 1.29 is 0 Å². The van der Waals surface area contributed by atoms with Gasteiger partial charge in [0, 0.05) is 25.6 Å². The van der Waals surface area contributed by atoms with E-state index in [0.717, 1.165) is 19.6 Å². The van der Waals surface area contributed by atoms with Gasteiger partial charge in [0.15, 0.2) is 0 Å². The molecule has 1 atom stereocenters. The van der Waals surface area contributed by atoms with Crippen LogP contribution in [0.5, 0.6) is 0 Å². The minimum Gasteiger partial charge on any atom is -0.319 e. The van der Waals surface area contributed by atoms with Gasteiger partial charge in [-0.2, -0.15) is 5.26 Å². The molecule has 0 amide bonds. The third-order valence-corrected chi connectivity index (χ3v) is 2.34. The van der Waals surface area contributed by atoms with E-state index in [1.54, 1.807) is 0 Å². The molecule has 0 bridgehead atoms. The van der Waals surface area contributed by atoms with E-state index in [2.05, 4.69) is 37.1 Å². The topological polar surface area (TPSA) is 39.1 Å². The van der Waals surface area contributed by atoms with Gasteiger partial charge in [-0.1, -0.05) is 6.92 Å². The van der Waals surface area contributed by atoms with Crippen LogP contribution >= 0.6 is 0 Å². The zero-order valence-corrected chi connectivity index (χ0v) is 9.88. The molecule has 0 aromatic carbocycles. The number of nitrogens with one attached hydrogen (secondary N) is 1. The number of rotatable bonds is 7. The van der Waals surface area contributed by atoms with E-state index < -0.39 is 0 Å². The summed E-state index contributed by atoms with van der Waals surface area (Å²) < 4.78 is 0. The summed E-state index contributed by atoms with van der Waals surface area (Å²) in [7, 11) is 1.98. The summed E-state index contributed by atoms with van der Waals surface area (Å²) in [6.45, 7) is 9.60. The monoisotopic (exact) mass is 197 g/mol. The van der Waals surface area contributed by atoms with Gasteiger partial charge in [0.25, 0.3) is 0 Å². The van der Waals surface area contributed by atoms with Crippen LogP contribution in [0.4, 0.5) is 0 Å². The minimum absolute atomic E-state index is 0.530. The van der Waals surface area contributed by atoms with Gasteiger partial charge in [0.2, 0.25) is 0 Å². The predicted molar refractivity (Wildman–Crippen MR) is 60.0 cm³/mol. The molecule has 1 N–H and O–H groups in total. The lowest BCUT2D eigenvalue weighted by Gasteiger charge is -2.28. The van der Waals surface area contributed by atoms with Crippen molar-refractivity contribution in [2.45, 2.75) is 33.2 Å². The van der Waals surface area contributed by atoms with Crippen molar-refractivity contribution in [2.24, 2.45) is 5.92 Å². The van der Waals surface area contributed by atoms with Crippen LogP contribution in [0.3, 0.4) is 0 Å². The Labute approximate surface area is 88.1 Å². The van der Waals surface area contributed by atoms with Crippen molar-refractivity contribution >= 4 is 0 Å². The van der Waals surface area contributed by atoms with Crippen LogP contribution in [-0.4, -0.2) is 37.6 Å². The lowest BCUT2D eigenvalue weighted by molar-refractivity contribution is 0.196. The van der Waals surface area contributed by atoms with Crippen LogP contribution in [0.2, 0.25) is 0 Å². The predicted octanol–water partition coefficient (Wildman–Crippen LogP) is 1.47. The van der Waals surface area contributed by atoms with Gasteiger partial charge in [0.1, 0.15) is 0 Å². The third kappa shape index (κ3) is 5.95. The fourth-order valence-corrected chi connectivity index (χ4v) is 1.57. The second-order valence-electron chi connectivity index (χ2n) is 4.16. The minimum atomic E-state index is 0.530. The van der Waals surface area contributed by atoms with Gasteiger partial charge < -0.3 is 5.32 Å². The number of hydrogen-bond donors (Lipinski definition) is 1. The lowest BCUT2D eigenvalue weighted by atomic mass is 10.1. The highest BCUT2D eigenvalue weighted by atomic mass is 15.1. The maximum absolute atomic E-state index is 8.55. The van der Waals surface area contributed by atoms with Crippen molar-refractivity contribution in [3.63, 3.8) is 0 Å². The van der Waals surface area contributed by atoms with E-state index in [0.29, 0.717) is 18.4 Å². The van der Waals surface area contributed by atoms with Gasteiger partial charge in [-0.3, -0.25) is 4.90 Å². The fraction of sp³-hybridized carbons (Fsp3) is 0.909. The van der Waals surface area contributed by atoms with E-state index >= 15 is 0 Å². The Morgan fingerprint density at radius 3 is 2.43 bits per heavy atom. The van der Waals surface area contributed by atoms with Gasteiger partial charge in [-0.05, 0) is 33.4 Å². The summed E-state index contributed by atoms with van der Waals surface area (Å²) >= 11 is 0. The highest BCUT2D eigenvalue weighted by molar-refractivity contribution is 4.75. The van der Waals surface area contributed by atoms with E-state index in [1.165, 1.54) is 0 Å². The molecule has 0 saturated heterocycles. The molecule has 0 spiro atoms. The van der Waals surface area contributed by atoms with Crippen LogP contribution in [-0.2, 0) is 0 Å². The fourth-order valence-electron chi connectivity index (χ4n) is 1.57. The van der Waals surface area contributed by atoms with Crippen LogP contribution in [0.25, 0.3) is 0 Å². The summed E-state index contributed by atoms with van der Waals surface area (Å²) in [4.78, 5) is 2.37. The van der Waals surface area contributed by atoms with Crippen molar-refractivity contribution in [3.8, 4) is 6.07 Å². The van der Waals surface area contributed by atoms with Crippen LogP contribution < -0.4 is 5.32 Å². The quantitative estimate of drug-likeness (QED) is 0.671. The second kappa shape index (κ2) is 7.78. The van der Waals surface area contributed by atoms with Gasteiger partial charge in [-0.15, -0.1) is 0 Å². The Morgan fingerprint density at radius 2 is 2.00 bits per heavy atom. The smallest absolute Gasteiger partial charge is 0.0635 e. The summed E-state index contributed by atoms with van der Waals surface area (Å²) in [5.74, 6) is 0.640. The highest BCUT2D eigenvalue weighted by Gasteiger charge is 2.12. The second-order valence-corrected chi connectivity index (χ2v) is 4.16. The zero-order chi connectivity index (χ0) is 11.0. The molecule has 0 aliphatic rings. The van der Waals surface area contributed by atoms with E-state index in [4.69, 9.17) is 5.26 Å². The molecule has 1 unspecified atom stereocenters. The number of nitriles is 1. The summed E-state index contributed by atoms with van der Waals surface area (Å²) in [6.07, 6.45) is 0.629. The summed E-state index contributed by atoms with van der Waals surface area (Å²) in [5, 5.41) is 11.7. The molecule has 82 valence electrons. The molecule has 0 radical (unpaired) electrons. The lowest BCUT2D eigenvalue weighted by Crippen LogP contribution is -2.37. The van der Waals surface area contributed by atoms with E-state index in [9.17, 15) is 0 Å². The van der Waals surface area contributed by atoms with Crippen molar-refractivity contribution in [1.29, 1.82) is 5.26 Å². The maximum Gasteiger partial charge on any atom is 0.0635 e. The average Bonchev–Trinajstić information content (AvgIpc) is 2.12. The molecule has 3 nitrogen and oxygen atoms in total. The standard InChI is InChI=1S/C11H23N3/c1-10(2)14(7-5-6-12)9-11(3)8-13-4/h10-11,13H,5,7-9H2,1-4H3. The normalized spacial score (nSPS) is 13.2. The molecular weight excluding hydrogens is 174 g/mol. The first kappa shape index (κ1) is 13.4. The third-order valence-electron chi connectivity index (χ3n) is 2.34. The largest absolute Gasteiger partial charge is 0.319 e. The van der Waals surface area contributed by atoms with Crippen LogP contribution in [0.15, 0.2) is 0 Å². The number of hydrogen-bond acceptors (Lipinski definition) is 3. The zero-order valence-electron chi connectivity index (χ0n) is 9.88. The molecule has 0 saturated carbocycles. The Bertz CT molecular complexity index is 172. The molecule has 0 aliphatic carbocycles. The van der Waals surface area contributed by atoms with Crippen molar-refractivity contribution in [2.75, 3.05) is 26.7 Å². The van der Waals surface area contributed by atoms with Crippen LogP contribution in [0.1, 0.15) is 27.2 Å². The molecule has 0 aromatic rings. The Kier molecular flexibility index (Phi) is 7.45. The Hall–Kier alpha value is -0.590. The number of nitrogens with zero attached hydrogens (tertiary/aromatic N) is 2. The van der Waals surface area contributed by atoms with Gasteiger partial charge in [-0.25, -0.2) is 0 Å². The first-order chi connectivity index (χ1) is 6.61. The first-order valence-corrected chi connectivity index (χ1v) is 5.37. The van der Waals surface area contributed by atoms with Crippen molar-refractivity contribution in [1.82, 2.24) is 10.2 Å². The molecule has 14 heavy (non-hydrogen) atoms. The average molecular weight is 197 g/mol. The first-order valence-electron chi connectivity index (χ1n) is 5.37. The molecule has 3 heteroatoms. The SMILES string of the molecule is CNCC(C)CN(CCC#N)C(C)C. The Balaban J connectivity index is 3.90. The van der Waals surface area contributed by atoms with E-state index in [-0.39, 0.29) is 0 Å².